The Hall–Kier alpha value is -3.99. The molecule has 1 amide bonds. The fourth-order valence-corrected chi connectivity index (χ4v) is 5.00. The van der Waals surface area contributed by atoms with Crippen LogP contribution in [0.4, 0.5) is 11.4 Å². The van der Waals surface area contributed by atoms with Gasteiger partial charge in [-0.15, -0.1) is 0 Å². The number of carboxylic acid groups (broad SMARTS) is 1. The van der Waals surface area contributed by atoms with E-state index in [0.29, 0.717) is 22.0 Å². The van der Waals surface area contributed by atoms with E-state index in [2.05, 4.69) is 10.0 Å². The van der Waals surface area contributed by atoms with E-state index in [9.17, 15) is 23.1 Å². The number of ether oxygens (including phenoxy) is 3. The summed E-state index contributed by atoms with van der Waals surface area (Å²) in [5, 5.41) is 13.2. The van der Waals surface area contributed by atoms with E-state index in [-0.39, 0.29) is 33.7 Å². The Morgan fingerprint density at radius 1 is 1.03 bits per heavy atom. The minimum absolute atomic E-state index is 0.0212. The maximum absolute atomic E-state index is 13.4. The first-order chi connectivity index (χ1) is 15.2. The second-order valence-electron chi connectivity index (χ2n) is 6.77. The SMILES string of the molecule is COc1cc(C(=O)O)c(NS(=O)(=O)c2ccc3c4c(cccc24)C(=O)N3)c(OC)c1OC. The largest absolute Gasteiger partial charge is 0.493 e. The highest BCUT2D eigenvalue weighted by Crippen LogP contribution is 2.46. The highest BCUT2D eigenvalue weighted by molar-refractivity contribution is 7.93. The number of carbonyl (C=O) groups excluding carboxylic acids is 1. The van der Waals surface area contributed by atoms with Crippen LogP contribution in [0.2, 0.25) is 0 Å². The average Bonchev–Trinajstić information content (AvgIpc) is 3.09. The maximum atomic E-state index is 13.4. The summed E-state index contributed by atoms with van der Waals surface area (Å²) in [7, 11) is -0.452. The maximum Gasteiger partial charge on any atom is 0.338 e. The van der Waals surface area contributed by atoms with Crippen LogP contribution >= 0.6 is 0 Å². The van der Waals surface area contributed by atoms with Crippen molar-refractivity contribution in [2.45, 2.75) is 4.90 Å². The number of hydrogen-bond acceptors (Lipinski definition) is 7. The Bertz CT molecular complexity index is 1400. The lowest BCUT2D eigenvalue weighted by Gasteiger charge is -2.19. The van der Waals surface area contributed by atoms with Crippen LogP contribution in [-0.2, 0) is 10.0 Å². The molecule has 0 atom stereocenters. The molecule has 3 N–H and O–H groups in total. The van der Waals surface area contributed by atoms with Crippen LogP contribution in [0.1, 0.15) is 20.7 Å². The molecule has 0 radical (unpaired) electrons. The highest BCUT2D eigenvalue weighted by atomic mass is 32.2. The van der Waals surface area contributed by atoms with Gasteiger partial charge in [0, 0.05) is 28.1 Å². The summed E-state index contributed by atoms with van der Waals surface area (Å²) in [6.07, 6.45) is 0. The molecule has 1 heterocycles. The lowest BCUT2D eigenvalue weighted by atomic mass is 10.1. The Balaban J connectivity index is 1.93. The highest BCUT2D eigenvalue weighted by Gasteiger charge is 2.30. The van der Waals surface area contributed by atoms with Gasteiger partial charge in [-0.05, 0) is 18.2 Å². The predicted molar refractivity (Wildman–Crippen MR) is 116 cm³/mol. The van der Waals surface area contributed by atoms with Crippen molar-refractivity contribution in [1.29, 1.82) is 0 Å². The number of sulfonamides is 1. The van der Waals surface area contributed by atoms with Gasteiger partial charge in [0.1, 0.15) is 5.69 Å². The second kappa shape index (κ2) is 7.61. The van der Waals surface area contributed by atoms with Crippen LogP contribution in [0.3, 0.4) is 0 Å². The smallest absolute Gasteiger partial charge is 0.338 e. The number of nitrogens with one attached hydrogen (secondary N) is 2. The van der Waals surface area contributed by atoms with Crippen LogP contribution in [0, 0.1) is 0 Å². The van der Waals surface area contributed by atoms with Crippen LogP contribution < -0.4 is 24.2 Å². The van der Waals surface area contributed by atoms with E-state index >= 15 is 0 Å². The fourth-order valence-electron chi connectivity index (χ4n) is 3.71. The van der Waals surface area contributed by atoms with Crippen molar-refractivity contribution < 1.29 is 37.3 Å². The summed E-state index contributed by atoms with van der Waals surface area (Å²) in [5.41, 5.74) is 0.125. The fraction of sp³-hybridized carbons (Fsp3) is 0.143. The molecule has 0 fully saturated rings. The molecule has 0 aliphatic carbocycles. The summed E-state index contributed by atoms with van der Waals surface area (Å²) in [4.78, 5) is 23.9. The van der Waals surface area contributed by atoms with Gasteiger partial charge in [-0.25, -0.2) is 13.2 Å². The van der Waals surface area contributed by atoms with E-state index in [4.69, 9.17) is 14.2 Å². The standard InChI is InChI=1S/C21H18N2O8S/c1-29-14-9-12(21(25)26)17(19(31-3)18(14)30-2)23-32(27,28)15-8-7-13-16-10(15)5-4-6-11(16)20(24)22-13/h4-9,23H,1-3H3,(H,22,24)(H,25,26). The van der Waals surface area contributed by atoms with Crippen LogP contribution in [-0.4, -0.2) is 46.7 Å². The summed E-state index contributed by atoms with van der Waals surface area (Å²) < 4.78 is 44.8. The summed E-state index contributed by atoms with van der Waals surface area (Å²) in [5.74, 6) is -1.82. The molecule has 0 aromatic heterocycles. The molecule has 166 valence electrons. The molecular weight excluding hydrogens is 440 g/mol. The topological polar surface area (TPSA) is 140 Å². The number of aromatic carboxylic acids is 1. The first-order valence-corrected chi connectivity index (χ1v) is 10.7. The molecule has 32 heavy (non-hydrogen) atoms. The first kappa shape index (κ1) is 21.2. The number of rotatable bonds is 7. The summed E-state index contributed by atoms with van der Waals surface area (Å²) in [6, 6.07) is 8.69. The zero-order valence-electron chi connectivity index (χ0n) is 17.2. The number of carbonyl (C=O) groups is 2. The van der Waals surface area contributed by atoms with Gasteiger partial charge in [0.15, 0.2) is 11.5 Å². The molecule has 0 bridgehead atoms. The Morgan fingerprint density at radius 2 is 1.75 bits per heavy atom. The van der Waals surface area contributed by atoms with Crippen molar-refractivity contribution in [3.05, 3.63) is 47.5 Å². The summed E-state index contributed by atoms with van der Waals surface area (Å²) >= 11 is 0. The molecule has 11 heteroatoms. The van der Waals surface area contributed by atoms with Crippen LogP contribution in [0.15, 0.2) is 41.3 Å². The molecule has 1 aliphatic heterocycles. The van der Waals surface area contributed by atoms with Gasteiger partial charge in [-0.3, -0.25) is 9.52 Å². The zero-order chi connectivity index (χ0) is 23.2. The molecule has 4 rings (SSSR count). The molecule has 1 aliphatic rings. The van der Waals surface area contributed by atoms with Crippen molar-refractivity contribution in [3.8, 4) is 17.2 Å². The van der Waals surface area contributed by atoms with Gasteiger partial charge in [-0.2, -0.15) is 0 Å². The average molecular weight is 458 g/mol. The minimum Gasteiger partial charge on any atom is -0.493 e. The van der Waals surface area contributed by atoms with Crippen molar-refractivity contribution in [1.82, 2.24) is 0 Å². The molecular formula is C21H18N2O8S. The number of methoxy groups -OCH3 is 3. The predicted octanol–water partition coefficient (Wildman–Crippen LogP) is 2.93. The van der Waals surface area contributed by atoms with E-state index < -0.39 is 21.6 Å². The zero-order valence-corrected chi connectivity index (χ0v) is 18.0. The third-order valence-electron chi connectivity index (χ3n) is 5.08. The van der Waals surface area contributed by atoms with Crippen LogP contribution in [0.5, 0.6) is 17.2 Å². The Morgan fingerprint density at radius 3 is 2.38 bits per heavy atom. The number of carboxylic acids is 1. The quantitative estimate of drug-likeness (QED) is 0.491. The van der Waals surface area contributed by atoms with Gasteiger partial charge in [0.05, 0.1) is 31.8 Å². The van der Waals surface area contributed by atoms with Crippen molar-refractivity contribution in [2.75, 3.05) is 31.4 Å². The van der Waals surface area contributed by atoms with Crippen molar-refractivity contribution in [3.63, 3.8) is 0 Å². The van der Waals surface area contributed by atoms with Gasteiger partial charge < -0.3 is 24.6 Å². The van der Waals surface area contributed by atoms with E-state index in [1.165, 1.54) is 33.5 Å². The van der Waals surface area contributed by atoms with Gasteiger partial charge >= 0.3 is 5.97 Å². The van der Waals surface area contributed by atoms with Crippen molar-refractivity contribution >= 4 is 44.0 Å². The third-order valence-corrected chi connectivity index (χ3v) is 6.49. The Labute approximate surface area is 182 Å². The molecule has 0 unspecified atom stereocenters. The number of benzene rings is 3. The molecule has 0 saturated heterocycles. The van der Waals surface area contributed by atoms with Crippen molar-refractivity contribution in [2.24, 2.45) is 0 Å². The van der Waals surface area contributed by atoms with Crippen LogP contribution in [0.25, 0.3) is 10.8 Å². The van der Waals surface area contributed by atoms with E-state index in [0.717, 1.165) is 6.07 Å². The second-order valence-corrected chi connectivity index (χ2v) is 8.42. The molecule has 0 spiro atoms. The Kier molecular flexibility index (Phi) is 5.05. The lowest BCUT2D eigenvalue weighted by Crippen LogP contribution is -2.17. The number of anilines is 2. The molecule has 3 aromatic rings. The monoisotopic (exact) mass is 458 g/mol. The van der Waals surface area contributed by atoms with Gasteiger partial charge in [0.25, 0.3) is 15.9 Å². The first-order valence-electron chi connectivity index (χ1n) is 9.19. The summed E-state index contributed by atoms with van der Waals surface area (Å²) in [6.45, 7) is 0. The van der Waals surface area contributed by atoms with Gasteiger partial charge in [-0.1, -0.05) is 12.1 Å². The minimum atomic E-state index is -4.33. The normalized spacial score (nSPS) is 12.4. The number of amides is 1. The van der Waals surface area contributed by atoms with Gasteiger partial charge in [0.2, 0.25) is 5.75 Å². The molecule has 3 aromatic carbocycles. The number of hydrogen-bond donors (Lipinski definition) is 3. The molecule has 10 nitrogen and oxygen atoms in total. The third kappa shape index (κ3) is 3.14. The van der Waals surface area contributed by atoms with E-state index in [1.54, 1.807) is 18.2 Å². The van der Waals surface area contributed by atoms with E-state index in [1.807, 2.05) is 0 Å². The lowest BCUT2D eigenvalue weighted by molar-refractivity contribution is 0.0697. The molecule has 0 saturated carbocycles.